The van der Waals surface area contributed by atoms with Gasteiger partial charge in [0.1, 0.15) is 5.69 Å². The monoisotopic (exact) mass is 391 g/mol. The second-order valence-electron chi connectivity index (χ2n) is 7.68. The lowest BCUT2D eigenvalue weighted by Crippen LogP contribution is -2.34. The van der Waals surface area contributed by atoms with E-state index in [-0.39, 0.29) is 11.9 Å². The molecule has 2 aliphatic rings. The summed E-state index contributed by atoms with van der Waals surface area (Å²) in [6.07, 6.45) is 0. The number of aromatic nitrogens is 1. The Bertz CT molecular complexity index is 977. The molecule has 1 aromatic heterocycles. The Labute approximate surface area is 169 Å². The van der Waals surface area contributed by atoms with Gasteiger partial charge in [0.2, 0.25) is 0 Å². The Balaban J connectivity index is 0.000000472. The number of amides is 1. The third kappa shape index (κ3) is 3.89. The Morgan fingerprint density at radius 1 is 1.03 bits per heavy atom. The van der Waals surface area contributed by atoms with Crippen LogP contribution in [0.2, 0.25) is 0 Å². The fraction of sp³-hybridized carbons (Fsp3) is 0.304. The zero-order valence-corrected chi connectivity index (χ0v) is 16.3. The number of carboxylic acids is 1. The Kier molecular flexibility index (Phi) is 5.36. The third-order valence-corrected chi connectivity index (χ3v) is 5.73. The number of fused-ring (bicyclic) bond motifs is 2. The molecule has 0 saturated carbocycles. The van der Waals surface area contributed by atoms with Gasteiger partial charge in [-0.05, 0) is 23.6 Å². The van der Waals surface area contributed by atoms with Crippen LogP contribution in [0.15, 0.2) is 60.7 Å². The molecule has 5 rings (SSSR count). The molecule has 150 valence electrons. The van der Waals surface area contributed by atoms with E-state index in [1.807, 2.05) is 36.4 Å². The lowest BCUT2D eigenvalue weighted by atomic mass is 9.89. The van der Waals surface area contributed by atoms with Crippen LogP contribution in [0.25, 0.3) is 10.9 Å². The molecule has 2 aliphatic heterocycles. The fourth-order valence-corrected chi connectivity index (χ4v) is 4.55. The molecule has 3 atom stereocenters. The van der Waals surface area contributed by atoms with Crippen molar-refractivity contribution in [3.8, 4) is 0 Å². The van der Waals surface area contributed by atoms with E-state index < -0.39 is 5.97 Å². The van der Waals surface area contributed by atoms with E-state index in [2.05, 4.69) is 39.5 Å². The van der Waals surface area contributed by atoms with Gasteiger partial charge < -0.3 is 20.3 Å². The van der Waals surface area contributed by atoms with Gasteiger partial charge >= 0.3 is 0 Å². The molecular weight excluding hydrogens is 366 g/mol. The number of aromatic amines is 1. The predicted molar refractivity (Wildman–Crippen MR) is 112 cm³/mol. The molecule has 0 aliphatic carbocycles. The first kappa shape index (κ1) is 19.2. The van der Waals surface area contributed by atoms with E-state index >= 15 is 0 Å². The van der Waals surface area contributed by atoms with Crippen molar-refractivity contribution in [2.45, 2.75) is 13.0 Å². The van der Waals surface area contributed by atoms with Crippen LogP contribution in [0.5, 0.6) is 0 Å². The topological polar surface area (TPSA) is 85.4 Å². The van der Waals surface area contributed by atoms with Crippen molar-refractivity contribution in [1.29, 1.82) is 0 Å². The van der Waals surface area contributed by atoms with Crippen molar-refractivity contribution >= 4 is 22.8 Å². The summed E-state index contributed by atoms with van der Waals surface area (Å²) in [6, 6.07) is 20.7. The molecule has 3 heterocycles. The average Bonchev–Trinajstić information content (AvgIpc) is 3.41. The van der Waals surface area contributed by atoms with Gasteiger partial charge in [-0.25, -0.2) is 0 Å². The summed E-state index contributed by atoms with van der Waals surface area (Å²) in [7, 11) is 0. The molecule has 3 aromatic rings. The number of carboxylic acid groups (broad SMARTS) is 1. The Morgan fingerprint density at radius 3 is 2.45 bits per heavy atom. The van der Waals surface area contributed by atoms with Gasteiger partial charge in [-0.2, -0.15) is 0 Å². The number of likely N-dealkylation sites (tertiary alicyclic amines) is 1. The SMILES string of the molecule is CC(=O)O.O=C(c1cc2ccccc2[nH]1)N1C[C@@H]2CNC[C@@H]2[C@@H]1c1ccccc1. The van der Waals surface area contributed by atoms with Gasteiger partial charge in [0.25, 0.3) is 11.9 Å². The highest BCUT2D eigenvalue weighted by Gasteiger charge is 2.47. The number of carbonyl (C=O) groups excluding carboxylic acids is 1. The smallest absolute Gasteiger partial charge is 0.300 e. The fourth-order valence-electron chi connectivity index (χ4n) is 4.55. The standard InChI is InChI=1S/C21H21N3O.C2H4O2/c25-21(19-10-15-8-4-5-9-18(15)23-19)24-13-16-11-22-12-17(16)20(24)14-6-2-1-3-7-14;1-2(3)4/h1-10,16-17,20,22-23H,11-13H2;1H3,(H,3,4)/t16-,17-,20-;/m0./s1. The second-order valence-corrected chi connectivity index (χ2v) is 7.68. The lowest BCUT2D eigenvalue weighted by molar-refractivity contribution is -0.134. The number of para-hydroxylation sites is 1. The zero-order chi connectivity index (χ0) is 20.4. The minimum absolute atomic E-state index is 0.111. The van der Waals surface area contributed by atoms with Gasteiger partial charge in [0, 0.05) is 43.4 Å². The number of carbonyl (C=O) groups is 2. The maximum Gasteiger partial charge on any atom is 0.300 e. The first-order valence-corrected chi connectivity index (χ1v) is 9.88. The highest BCUT2D eigenvalue weighted by molar-refractivity contribution is 5.98. The largest absolute Gasteiger partial charge is 0.481 e. The average molecular weight is 391 g/mol. The quantitative estimate of drug-likeness (QED) is 0.626. The summed E-state index contributed by atoms with van der Waals surface area (Å²) >= 11 is 0. The number of rotatable bonds is 2. The number of H-pyrrole nitrogens is 1. The maximum atomic E-state index is 13.3. The van der Waals surface area contributed by atoms with Crippen LogP contribution in [-0.2, 0) is 4.79 Å². The second kappa shape index (κ2) is 8.09. The molecule has 0 spiro atoms. The summed E-state index contributed by atoms with van der Waals surface area (Å²) in [6.45, 7) is 3.90. The van der Waals surface area contributed by atoms with Gasteiger partial charge in [-0.1, -0.05) is 48.5 Å². The number of benzene rings is 2. The summed E-state index contributed by atoms with van der Waals surface area (Å²) in [5.74, 6) is 0.314. The molecule has 3 N–H and O–H groups in total. The van der Waals surface area contributed by atoms with E-state index in [1.54, 1.807) is 0 Å². The van der Waals surface area contributed by atoms with Crippen molar-refractivity contribution in [2.24, 2.45) is 11.8 Å². The minimum Gasteiger partial charge on any atom is -0.481 e. The highest BCUT2D eigenvalue weighted by atomic mass is 16.4. The number of aliphatic carboxylic acids is 1. The molecule has 2 fully saturated rings. The van der Waals surface area contributed by atoms with E-state index in [1.165, 1.54) is 5.56 Å². The number of hydrogen-bond acceptors (Lipinski definition) is 3. The normalized spacial score (nSPS) is 22.8. The van der Waals surface area contributed by atoms with Crippen LogP contribution in [0.4, 0.5) is 0 Å². The van der Waals surface area contributed by atoms with E-state index in [9.17, 15) is 4.79 Å². The molecule has 0 unspecified atom stereocenters. The predicted octanol–water partition coefficient (Wildman–Crippen LogP) is 3.29. The zero-order valence-electron chi connectivity index (χ0n) is 16.3. The van der Waals surface area contributed by atoms with Crippen molar-refractivity contribution in [3.63, 3.8) is 0 Å². The van der Waals surface area contributed by atoms with E-state index in [0.717, 1.165) is 37.5 Å². The lowest BCUT2D eigenvalue weighted by Gasteiger charge is -2.28. The molecule has 0 bridgehead atoms. The van der Waals surface area contributed by atoms with Crippen LogP contribution in [0, 0.1) is 11.8 Å². The first-order chi connectivity index (χ1) is 14.0. The molecule has 2 saturated heterocycles. The van der Waals surface area contributed by atoms with Crippen LogP contribution in [-0.4, -0.2) is 46.5 Å². The van der Waals surface area contributed by atoms with Crippen molar-refractivity contribution in [2.75, 3.05) is 19.6 Å². The molecule has 1 amide bonds. The van der Waals surface area contributed by atoms with Gasteiger partial charge in [-0.15, -0.1) is 0 Å². The number of hydrogen-bond donors (Lipinski definition) is 3. The molecule has 2 aromatic carbocycles. The summed E-state index contributed by atoms with van der Waals surface area (Å²) < 4.78 is 0. The van der Waals surface area contributed by atoms with Gasteiger partial charge in [0.05, 0.1) is 6.04 Å². The van der Waals surface area contributed by atoms with Gasteiger partial charge in [0.15, 0.2) is 0 Å². The van der Waals surface area contributed by atoms with Crippen molar-refractivity contribution < 1.29 is 14.7 Å². The Morgan fingerprint density at radius 2 is 1.72 bits per heavy atom. The molecule has 6 heteroatoms. The Hall–Kier alpha value is -3.12. The maximum absolute atomic E-state index is 13.3. The first-order valence-electron chi connectivity index (χ1n) is 9.88. The number of nitrogens with zero attached hydrogens (tertiary/aromatic N) is 1. The third-order valence-electron chi connectivity index (χ3n) is 5.73. The summed E-state index contributed by atoms with van der Waals surface area (Å²) in [5.41, 5.74) is 2.95. The summed E-state index contributed by atoms with van der Waals surface area (Å²) in [4.78, 5) is 27.7. The van der Waals surface area contributed by atoms with Gasteiger partial charge in [-0.3, -0.25) is 9.59 Å². The molecule has 29 heavy (non-hydrogen) atoms. The minimum atomic E-state index is -0.833. The van der Waals surface area contributed by atoms with E-state index in [4.69, 9.17) is 9.90 Å². The van der Waals surface area contributed by atoms with Crippen molar-refractivity contribution in [3.05, 3.63) is 71.9 Å². The van der Waals surface area contributed by atoms with Crippen LogP contribution < -0.4 is 5.32 Å². The highest BCUT2D eigenvalue weighted by Crippen LogP contribution is 2.43. The summed E-state index contributed by atoms with van der Waals surface area (Å²) in [5, 5.41) is 12.0. The van der Waals surface area contributed by atoms with Crippen LogP contribution in [0.3, 0.4) is 0 Å². The van der Waals surface area contributed by atoms with E-state index in [0.29, 0.717) is 17.5 Å². The molecule has 6 nitrogen and oxygen atoms in total. The van der Waals surface area contributed by atoms with Crippen LogP contribution >= 0.6 is 0 Å². The van der Waals surface area contributed by atoms with Crippen molar-refractivity contribution in [1.82, 2.24) is 15.2 Å². The van der Waals surface area contributed by atoms with Crippen LogP contribution in [0.1, 0.15) is 29.0 Å². The number of nitrogens with one attached hydrogen (secondary N) is 2. The molecular formula is C23H25N3O3. The molecule has 0 radical (unpaired) electrons.